The molecule has 11 heteroatoms. The maximum atomic E-state index is 14.6. The molecule has 8 nitrogen and oxygen atoms in total. The number of nitrogens with zero attached hydrogens (tertiary/aromatic N) is 2. The molecule has 1 aliphatic heterocycles. The third-order valence-corrected chi connectivity index (χ3v) is 8.02. The molecular weight excluding hydrogens is 495 g/mol. The van der Waals surface area contributed by atoms with E-state index in [4.69, 9.17) is 11.6 Å². The summed E-state index contributed by atoms with van der Waals surface area (Å²) in [6.45, 7) is 3.37. The first kappa shape index (κ1) is 24.6. The second kappa shape index (κ2) is 9.63. The molecule has 0 spiro atoms. The molecule has 4 rings (SSSR count). The van der Waals surface area contributed by atoms with Crippen LogP contribution in [-0.4, -0.2) is 31.3 Å². The zero-order chi connectivity index (χ0) is 25.3. The van der Waals surface area contributed by atoms with E-state index in [0.717, 1.165) is 15.9 Å². The van der Waals surface area contributed by atoms with Crippen LogP contribution in [0.1, 0.15) is 23.1 Å². The number of amides is 2. The monoisotopic (exact) mass is 516 g/mol. The number of benzene rings is 2. The van der Waals surface area contributed by atoms with Crippen LogP contribution in [0.15, 0.2) is 59.8 Å². The van der Waals surface area contributed by atoms with Crippen LogP contribution in [-0.2, 0) is 26.2 Å². The van der Waals surface area contributed by atoms with Crippen LogP contribution in [0, 0.1) is 19.7 Å². The number of carbonyl (C=O) groups excluding carboxylic acids is 2. The predicted octanol–water partition coefficient (Wildman–Crippen LogP) is 3.71. The minimum absolute atomic E-state index is 0.0679. The third-order valence-electron chi connectivity index (χ3n) is 5.65. The van der Waals surface area contributed by atoms with Gasteiger partial charge in [0, 0.05) is 24.0 Å². The van der Waals surface area contributed by atoms with E-state index in [0.29, 0.717) is 16.1 Å². The standard InChI is InChI=1S/C24H22ClFN4O4S/c1-14-10-21(15(2)9-17(14)25)35(33,34)30-19-7-3-6-18(26)23(19)29-24(32)20(30)11-22(31)28-13-16-5-4-8-27-12-16/h3-10,12,20H,11,13H2,1-2H3,(H,28,31)(H,29,32). The molecule has 2 heterocycles. The Hall–Kier alpha value is -3.50. The van der Waals surface area contributed by atoms with E-state index >= 15 is 0 Å². The van der Waals surface area contributed by atoms with E-state index < -0.39 is 40.1 Å². The number of carbonyl (C=O) groups is 2. The lowest BCUT2D eigenvalue weighted by atomic mass is 10.1. The van der Waals surface area contributed by atoms with Crippen molar-refractivity contribution >= 4 is 44.8 Å². The zero-order valence-electron chi connectivity index (χ0n) is 18.9. The molecule has 2 N–H and O–H groups in total. The molecule has 0 aliphatic carbocycles. The number of aryl methyl sites for hydroxylation is 2. The van der Waals surface area contributed by atoms with Crippen molar-refractivity contribution in [1.29, 1.82) is 0 Å². The topological polar surface area (TPSA) is 108 Å². The molecule has 1 aliphatic rings. The molecule has 1 unspecified atom stereocenters. The molecule has 1 atom stereocenters. The number of aromatic nitrogens is 1. The van der Waals surface area contributed by atoms with Gasteiger partial charge in [0.05, 0.1) is 17.0 Å². The molecule has 1 aromatic heterocycles. The Kier molecular flexibility index (Phi) is 6.77. The number of anilines is 2. The molecule has 0 radical (unpaired) electrons. The van der Waals surface area contributed by atoms with Gasteiger partial charge in [0.25, 0.3) is 10.0 Å². The van der Waals surface area contributed by atoms with Crippen LogP contribution in [0.5, 0.6) is 0 Å². The Balaban J connectivity index is 1.74. The summed E-state index contributed by atoms with van der Waals surface area (Å²) >= 11 is 6.15. The highest BCUT2D eigenvalue weighted by Crippen LogP contribution is 2.40. The molecule has 0 fully saturated rings. The molecule has 182 valence electrons. The average Bonchev–Trinajstić information content (AvgIpc) is 2.81. The third kappa shape index (κ3) is 4.85. The van der Waals surface area contributed by atoms with Crippen LogP contribution in [0.25, 0.3) is 0 Å². The first-order valence-corrected chi connectivity index (χ1v) is 12.5. The minimum atomic E-state index is -4.40. The van der Waals surface area contributed by atoms with Crippen molar-refractivity contribution in [3.8, 4) is 0 Å². The quantitative estimate of drug-likeness (QED) is 0.519. The summed E-state index contributed by atoms with van der Waals surface area (Å²) in [5, 5.41) is 5.47. The molecule has 2 aromatic carbocycles. The van der Waals surface area contributed by atoms with Gasteiger partial charge in [-0.05, 0) is 60.9 Å². The van der Waals surface area contributed by atoms with Gasteiger partial charge in [-0.3, -0.25) is 18.9 Å². The van der Waals surface area contributed by atoms with E-state index in [1.165, 1.54) is 24.3 Å². The highest BCUT2D eigenvalue weighted by Gasteiger charge is 2.43. The van der Waals surface area contributed by atoms with E-state index in [9.17, 15) is 22.4 Å². The Morgan fingerprint density at radius 1 is 1.20 bits per heavy atom. The van der Waals surface area contributed by atoms with Crippen molar-refractivity contribution in [2.24, 2.45) is 0 Å². The van der Waals surface area contributed by atoms with Crippen molar-refractivity contribution in [3.05, 3.63) is 82.4 Å². The van der Waals surface area contributed by atoms with Gasteiger partial charge in [0.1, 0.15) is 17.5 Å². The molecule has 0 saturated carbocycles. The number of nitrogens with one attached hydrogen (secondary N) is 2. The van der Waals surface area contributed by atoms with Gasteiger partial charge in [-0.2, -0.15) is 0 Å². The lowest BCUT2D eigenvalue weighted by molar-refractivity contribution is -0.125. The van der Waals surface area contributed by atoms with Gasteiger partial charge < -0.3 is 10.6 Å². The Morgan fingerprint density at radius 3 is 2.69 bits per heavy atom. The van der Waals surface area contributed by atoms with Gasteiger partial charge in [-0.1, -0.05) is 23.7 Å². The molecule has 0 bridgehead atoms. The van der Waals surface area contributed by atoms with Gasteiger partial charge in [-0.25, -0.2) is 12.8 Å². The number of pyridine rings is 1. The molecule has 35 heavy (non-hydrogen) atoms. The van der Waals surface area contributed by atoms with Crippen LogP contribution >= 0.6 is 11.6 Å². The van der Waals surface area contributed by atoms with E-state index in [2.05, 4.69) is 15.6 Å². The Morgan fingerprint density at radius 2 is 1.97 bits per heavy atom. The number of para-hydroxylation sites is 1. The second-order valence-electron chi connectivity index (χ2n) is 8.15. The summed E-state index contributed by atoms with van der Waals surface area (Å²) in [6, 6.07) is 8.78. The summed E-state index contributed by atoms with van der Waals surface area (Å²) in [7, 11) is -4.40. The minimum Gasteiger partial charge on any atom is -0.352 e. The average molecular weight is 517 g/mol. The van der Waals surface area contributed by atoms with E-state index in [1.807, 2.05) is 0 Å². The van der Waals surface area contributed by atoms with Crippen molar-refractivity contribution < 1.29 is 22.4 Å². The summed E-state index contributed by atoms with van der Waals surface area (Å²) in [6.07, 6.45) is 2.69. The first-order valence-electron chi connectivity index (χ1n) is 10.7. The number of hydrogen-bond donors (Lipinski definition) is 2. The normalized spacial score (nSPS) is 15.4. The molecule has 3 aromatic rings. The number of hydrogen-bond acceptors (Lipinski definition) is 5. The SMILES string of the molecule is Cc1cc(S(=O)(=O)N2c3cccc(F)c3NC(=O)C2CC(=O)NCc2cccnc2)c(C)cc1Cl. The lowest BCUT2D eigenvalue weighted by Gasteiger charge is -2.37. The van der Waals surface area contributed by atoms with Crippen molar-refractivity contribution in [2.75, 3.05) is 9.62 Å². The highest BCUT2D eigenvalue weighted by molar-refractivity contribution is 7.93. The molecule has 2 amide bonds. The van der Waals surface area contributed by atoms with Gasteiger partial charge >= 0.3 is 0 Å². The largest absolute Gasteiger partial charge is 0.352 e. The maximum absolute atomic E-state index is 14.6. The van der Waals surface area contributed by atoms with E-state index in [-0.39, 0.29) is 22.8 Å². The highest BCUT2D eigenvalue weighted by atomic mass is 35.5. The van der Waals surface area contributed by atoms with Crippen LogP contribution in [0.4, 0.5) is 15.8 Å². The van der Waals surface area contributed by atoms with Crippen molar-refractivity contribution in [2.45, 2.75) is 37.8 Å². The summed E-state index contributed by atoms with van der Waals surface area (Å²) in [4.78, 5) is 29.7. The summed E-state index contributed by atoms with van der Waals surface area (Å²) < 4.78 is 43.2. The summed E-state index contributed by atoms with van der Waals surface area (Å²) in [5.41, 5.74) is 1.27. The Bertz CT molecular complexity index is 1420. The first-order chi connectivity index (χ1) is 16.6. The fourth-order valence-electron chi connectivity index (χ4n) is 3.86. The van der Waals surface area contributed by atoms with Gasteiger partial charge in [0.15, 0.2) is 0 Å². The van der Waals surface area contributed by atoms with Gasteiger partial charge in [-0.15, -0.1) is 0 Å². The van der Waals surface area contributed by atoms with Crippen LogP contribution in [0.3, 0.4) is 0 Å². The van der Waals surface area contributed by atoms with E-state index in [1.54, 1.807) is 38.4 Å². The zero-order valence-corrected chi connectivity index (χ0v) is 20.5. The lowest BCUT2D eigenvalue weighted by Crippen LogP contribution is -2.53. The Labute approximate surface area is 207 Å². The predicted molar refractivity (Wildman–Crippen MR) is 130 cm³/mol. The number of sulfonamides is 1. The van der Waals surface area contributed by atoms with Crippen molar-refractivity contribution in [1.82, 2.24) is 10.3 Å². The number of fused-ring (bicyclic) bond motifs is 1. The smallest absolute Gasteiger partial charge is 0.265 e. The maximum Gasteiger partial charge on any atom is 0.265 e. The van der Waals surface area contributed by atoms with Crippen LogP contribution < -0.4 is 14.9 Å². The fraction of sp³-hybridized carbons (Fsp3) is 0.208. The second-order valence-corrected chi connectivity index (χ2v) is 10.3. The summed E-state index contributed by atoms with van der Waals surface area (Å²) in [5.74, 6) is -2.16. The molecule has 0 saturated heterocycles. The fourth-order valence-corrected chi connectivity index (χ4v) is 6.00. The number of rotatable bonds is 6. The number of halogens is 2. The van der Waals surface area contributed by atoms with Gasteiger partial charge in [0.2, 0.25) is 11.8 Å². The van der Waals surface area contributed by atoms with Crippen molar-refractivity contribution in [3.63, 3.8) is 0 Å². The molecular formula is C24H22ClFN4O4S. The van der Waals surface area contributed by atoms with Crippen LogP contribution in [0.2, 0.25) is 5.02 Å².